The summed E-state index contributed by atoms with van der Waals surface area (Å²) in [6, 6.07) is 28.2. The number of benzene rings is 3. The summed E-state index contributed by atoms with van der Waals surface area (Å²) in [5.74, 6) is 0.587. The highest BCUT2D eigenvalue weighted by Crippen LogP contribution is 2.45. The van der Waals surface area contributed by atoms with Gasteiger partial charge in [-0.3, -0.25) is 0 Å². The molecular weight excluding hydrogens is 476 g/mol. The van der Waals surface area contributed by atoms with E-state index in [1.165, 1.54) is 0 Å². The van der Waals surface area contributed by atoms with Crippen LogP contribution in [0.4, 0.5) is 0 Å². The lowest BCUT2D eigenvalue weighted by atomic mass is 9.71. The van der Waals surface area contributed by atoms with E-state index in [-0.39, 0.29) is 18.5 Å². The monoisotopic (exact) mass is 516 g/mol. The van der Waals surface area contributed by atoms with Gasteiger partial charge in [-0.2, -0.15) is 0 Å². The number of ether oxygens (including phenoxy) is 4. The average molecular weight is 517 g/mol. The molecule has 2 fully saturated rings. The van der Waals surface area contributed by atoms with Gasteiger partial charge in [0.2, 0.25) is 0 Å². The Balaban J connectivity index is 1.40. The summed E-state index contributed by atoms with van der Waals surface area (Å²) >= 11 is 0. The van der Waals surface area contributed by atoms with Crippen LogP contribution in [0.25, 0.3) is 0 Å². The first kappa shape index (κ1) is 26.9. The Hall–Kier alpha value is -2.70. The standard InChI is InChI=1S/C33H40O5/c34-33(27-14-5-2-6-15-27,28-19-21-29(22-20-28)38-32-18-8-10-24-37-32)30(26-12-3-1-4-13-26)16-11-25-36-31-17-7-9-23-35-31/h1-6,12-15,19-22,30-32,34H,7-11,16-18,23-25H2. The molecule has 2 heterocycles. The Morgan fingerprint density at radius 3 is 1.97 bits per heavy atom. The van der Waals surface area contributed by atoms with Gasteiger partial charge in [-0.1, -0.05) is 72.8 Å². The van der Waals surface area contributed by atoms with E-state index in [0.29, 0.717) is 6.61 Å². The Morgan fingerprint density at radius 1 is 0.737 bits per heavy atom. The van der Waals surface area contributed by atoms with E-state index in [1.54, 1.807) is 0 Å². The van der Waals surface area contributed by atoms with Gasteiger partial charge in [0.25, 0.3) is 0 Å². The van der Waals surface area contributed by atoms with Gasteiger partial charge in [-0.05, 0) is 73.8 Å². The SMILES string of the molecule is OC(c1ccccc1)(c1ccc(OC2CCCCO2)cc1)C(CCCOC1CCCCO1)c1ccccc1. The van der Waals surface area contributed by atoms with Crippen LogP contribution in [0.2, 0.25) is 0 Å². The minimum atomic E-state index is -1.23. The van der Waals surface area contributed by atoms with Crippen LogP contribution < -0.4 is 4.74 Å². The molecule has 0 radical (unpaired) electrons. The van der Waals surface area contributed by atoms with E-state index >= 15 is 0 Å². The maximum Gasteiger partial charge on any atom is 0.199 e. The van der Waals surface area contributed by atoms with Crippen molar-refractivity contribution in [3.8, 4) is 5.75 Å². The number of hydrogen-bond donors (Lipinski definition) is 1. The lowest BCUT2D eigenvalue weighted by Crippen LogP contribution is -2.35. The highest BCUT2D eigenvalue weighted by molar-refractivity contribution is 5.43. The van der Waals surface area contributed by atoms with Gasteiger partial charge in [-0.15, -0.1) is 0 Å². The van der Waals surface area contributed by atoms with Crippen molar-refractivity contribution in [2.75, 3.05) is 19.8 Å². The molecule has 0 spiro atoms. The van der Waals surface area contributed by atoms with Crippen LogP contribution in [0.3, 0.4) is 0 Å². The second-order valence-electron chi connectivity index (χ2n) is 10.3. The van der Waals surface area contributed by atoms with Crippen LogP contribution in [-0.2, 0) is 19.8 Å². The molecule has 5 rings (SSSR count). The molecule has 2 aliphatic heterocycles. The van der Waals surface area contributed by atoms with E-state index < -0.39 is 5.60 Å². The first-order valence-corrected chi connectivity index (χ1v) is 14.2. The third kappa shape index (κ3) is 6.65. The van der Waals surface area contributed by atoms with Crippen molar-refractivity contribution in [2.24, 2.45) is 0 Å². The first-order valence-electron chi connectivity index (χ1n) is 14.2. The molecule has 2 aliphatic rings. The molecular formula is C33H40O5. The van der Waals surface area contributed by atoms with Crippen molar-refractivity contribution in [3.05, 3.63) is 102 Å². The molecule has 0 bridgehead atoms. The zero-order valence-electron chi connectivity index (χ0n) is 22.2. The van der Waals surface area contributed by atoms with Crippen molar-refractivity contribution in [2.45, 2.75) is 75.5 Å². The smallest absolute Gasteiger partial charge is 0.199 e. The second kappa shape index (κ2) is 13.4. The summed E-state index contributed by atoms with van der Waals surface area (Å²) in [6.07, 6.45) is 7.59. The van der Waals surface area contributed by atoms with E-state index in [2.05, 4.69) is 12.1 Å². The molecule has 5 nitrogen and oxygen atoms in total. The molecule has 202 valence electrons. The fraction of sp³-hybridized carbons (Fsp3) is 0.455. The van der Waals surface area contributed by atoms with Crippen LogP contribution in [-0.4, -0.2) is 37.5 Å². The zero-order valence-corrected chi connectivity index (χ0v) is 22.2. The van der Waals surface area contributed by atoms with Gasteiger partial charge in [-0.25, -0.2) is 0 Å². The first-order chi connectivity index (χ1) is 18.7. The number of rotatable bonds is 11. The molecule has 2 saturated heterocycles. The van der Waals surface area contributed by atoms with Crippen molar-refractivity contribution < 1.29 is 24.1 Å². The minimum Gasteiger partial charge on any atom is -0.465 e. The molecule has 1 N–H and O–H groups in total. The molecule has 3 aromatic rings. The summed E-state index contributed by atoms with van der Waals surface area (Å²) in [6.45, 7) is 2.12. The zero-order chi connectivity index (χ0) is 26.0. The second-order valence-corrected chi connectivity index (χ2v) is 10.3. The molecule has 4 atom stereocenters. The third-order valence-corrected chi connectivity index (χ3v) is 7.70. The van der Waals surface area contributed by atoms with Crippen LogP contribution >= 0.6 is 0 Å². The Bertz CT molecular complexity index is 1080. The molecule has 0 aromatic heterocycles. The van der Waals surface area contributed by atoms with Crippen LogP contribution in [0.15, 0.2) is 84.9 Å². The van der Waals surface area contributed by atoms with Gasteiger partial charge in [0.05, 0.1) is 6.61 Å². The molecule has 0 aliphatic carbocycles. The van der Waals surface area contributed by atoms with Gasteiger partial charge >= 0.3 is 0 Å². The van der Waals surface area contributed by atoms with Gasteiger partial charge in [0.1, 0.15) is 11.4 Å². The molecule has 0 saturated carbocycles. The molecule has 4 unspecified atom stereocenters. The van der Waals surface area contributed by atoms with Crippen LogP contribution in [0.1, 0.15) is 74.0 Å². The molecule has 38 heavy (non-hydrogen) atoms. The van der Waals surface area contributed by atoms with E-state index in [4.69, 9.17) is 18.9 Å². The maximum atomic E-state index is 12.7. The molecule has 3 aromatic carbocycles. The number of hydrogen-bond acceptors (Lipinski definition) is 5. The Morgan fingerprint density at radius 2 is 1.34 bits per heavy atom. The fourth-order valence-electron chi connectivity index (χ4n) is 5.65. The lowest BCUT2D eigenvalue weighted by molar-refractivity contribution is -0.163. The van der Waals surface area contributed by atoms with Gasteiger partial charge in [0, 0.05) is 25.6 Å². The highest BCUT2D eigenvalue weighted by Gasteiger charge is 2.41. The van der Waals surface area contributed by atoms with Crippen molar-refractivity contribution in [3.63, 3.8) is 0 Å². The van der Waals surface area contributed by atoms with E-state index in [9.17, 15) is 5.11 Å². The Labute approximate surface area is 226 Å². The topological polar surface area (TPSA) is 57.2 Å². The predicted molar refractivity (Wildman–Crippen MR) is 148 cm³/mol. The third-order valence-electron chi connectivity index (χ3n) is 7.70. The quantitative estimate of drug-likeness (QED) is 0.280. The molecule has 5 heteroatoms. The lowest BCUT2D eigenvalue weighted by Gasteiger charge is -2.38. The summed E-state index contributed by atoms with van der Waals surface area (Å²) < 4.78 is 23.6. The summed E-state index contributed by atoms with van der Waals surface area (Å²) in [5, 5.41) is 12.7. The predicted octanol–water partition coefficient (Wildman–Crippen LogP) is 6.94. The van der Waals surface area contributed by atoms with E-state index in [0.717, 1.165) is 87.0 Å². The van der Waals surface area contributed by atoms with Crippen molar-refractivity contribution in [1.82, 2.24) is 0 Å². The summed E-state index contributed by atoms with van der Waals surface area (Å²) in [5.41, 5.74) is 1.58. The minimum absolute atomic E-state index is 0.104. The highest BCUT2D eigenvalue weighted by atomic mass is 16.7. The van der Waals surface area contributed by atoms with Crippen molar-refractivity contribution >= 4 is 0 Å². The van der Waals surface area contributed by atoms with E-state index in [1.807, 2.05) is 72.8 Å². The summed E-state index contributed by atoms with van der Waals surface area (Å²) in [4.78, 5) is 0. The van der Waals surface area contributed by atoms with Crippen LogP contribution in [0.5, 0.6) is 5.75 Å². The normalized spacial score (nSPS) is 22.3. The molecule has 0 amide bonds. The number of aliphatic hydroxyl groups is 1. The van der Waals surface area contributed by atoms with Crippen molar-refractivity contribution in [1.29, 1.82) is 0 Å². The fourth-order valence-corrected chi connectivity index (χ4v) is 5.65. The maximum absolute atomic E-state index is 12.7. The average Bonchev–Trinajstić information content (AvgIpc) is 2.99. The van der Waals surface area contributed by atoms with Crippen LogP contribution in [0, 0.1) is 0 Å². The largest absolute Gasteiger partial charge is 0.465 e. The Kier molecular flexibility index (Phi) is 9.47. The summed E-state index contributed by atoms with van der Waals surface area (Å²) in [7, 11) is 0. The van der Waals surface area contributed by atoms with Gasteiger partial charge in [0.15, 0.2) is 12.6 Å². The van der Waals surface area contributed by atoms with Gasteiger partial charge < -0.3 is 24.1 Å².